The van der Waals surface area contributed by atoms with Gasteiger partial charge in [-0.05, 0) is 30.4 Å². The Labute approximate surface area is 124 Å². The van der Waals surface area contributed by atoms with Crippen molar-refractivity contribution < 1.29 is 9.53 Å². The number of fused-ring (bicyclic) bond motifs is 1. The van der Waals surface area contributed by atoms with Gasteiger partial charge in [0, 0.05) is 12.5 Å². The van der Waals surface area contributed by atoms with Gasteiger partial charge in [0.2, 0.25) is 0 Å². The van der Waals surface area contributed by atoms with E-state index in [2.05, 4.69) is 24.2 Å². The monoisotopic (exact) mass is 284 g/mol. The number of aromatic nitrogens is 2. The maximum absolute atomic E-state index is 12.9. The van der Waals surface area contributed by atoms with Crippen molar-refractivity contribution in [3.05, 3.63) is 47.3 Å². The minimum atomic E-state index is 0.00334. The van der Waals surface area contributed by atoms with Crippen molar-refractivity contribution >= 4 is 5.78 Å². The molecule has 0 bridgehead atoms. The molecule has 0 atom stereocenters. The van der Waals surface area contributed by atoms with Crippen LogP contribution < -0.4 is 4.74 Å². The molecule has 0 aliphatic heterocycles. The number of ketones is 1. The molecule has 0 fully saturated rings. The van der Waals surface area contributed by atoms with Gasteiger partial charge in [0.1, 0.15) is 5.69 Å². The quantitative estimate of drug-likeness (QED) is 0.793. The highest BCUT2D eigenvalue weighted by atomic mass is 16.5. The first kappa shape index (κ1) is 13.9. The molecule has 1 aromatic heterocycles. The second-order valence-corrected chi connectivity index (χ2v) is 5.52. The largest absolute Gasteiger partial charge is 0.493 e. The fourth-order valence-electron chi connectivity index (χ4n) is 3.09. The molecular formula is C17H20N2O2. The summed E-state index contributed by atoms with van der Waals surface area (Å²) in [5.74, 6) is 0.738. The van der Waals surface area contributed by atoms with Crippen molar-refractivity contribution in [3.8, 4) is 5.75 Å². The van der Waals surface area contributed by atoms with Crippen LogP contribution in [0.2, 0.25) is 0 Å². The molecule has 1 aliphatic rings. The summed E-state index contributed by atoms with van der Waals surface area (Å²) in [4.78, 5) is 12.9. The first-order chi connectivity index (χ1) is 10.2. The van der Waals surface area contributed by atoms with Crippen LogP contribution in [0, 0.1) is 5.92 Å². The van der Waals surface area contributed by atoms with Gasteiger partial charge in [-0.25, -0.2) is 0 Å². The average molecular weight is 284 g/mol. The Hall–Kier alpha value is -2.10. The van der Waals surface area contributed by atoms with Gasteiger partial charge in [0.05, 0.1) is 13.3 Å². The molecule has 1 aromatic carbocycles. The van der Waals surface area contributed by atoms with E-state index in [1.54, 1.807) is 18.0 Å². The van der Waals surface area contributed by atoms with Crippen LogP contribution in [0.1, 0.15) is 35.0 Å². The zero-order chi connectivity index (χ0) is 14.8. The van der Waals surface area contributed by atoms with Gasteiger partial charge >= 0.3 is 0 Å². The summed E-state index contributed by atoms with van der Waals surface area (Å²) in [5.41, 5.74) is 3.20. The number of ether oxygens (including phenoxy) is 1. The summed E-state index contributed by atoms with van der Waals surface area (Å²) in [6.45, 7) is 2.82. The van der Waals surface area contributed by atoms with Gasteiger partial charge in [-0.15, -0.1) is 0 Å². The molecule has 1 heterocycles. The highest BCUT2D eigenvalue weighted by Gasteiger charge is 2.31. The smallest absolute Gasteiger partial charge is 0.188 e. The second kappa shape index (κ2) is 5.72. The van der Waals surface area contributed by atoms with Gasteiger partial charge in [0.25, 0.3) is 0 Å². The number of hydrogen-bond donors (Lipinski definition) is 0. The molecule has 0 unspecified atom stereocenters. The summed E-state index contributed by atoms with van der Waals surface area (Å²) in [6.07, 6.45) is 4.21. The van der Waals surface area contributed by atoms with Crippen molar-refractivity contribution in [3.63, 3.8) is 0 Å². The van der Waals surface area contributed by atoms with Crippen LogP contribution in [0.15, 0.2) is 30.5 Å². The fourth-order valence-corrected chi connectivity index (χ4v) is 3.09. The first-order valence-corrected chi connectivity index (χ1v) is 7.45. The molecule has 0 saturated heterocycles. The van der Waals surface area contributed by atoms with E-state index in [0.717, 1.165) is 25.8 Å². The molecule has 21 heavy (non-hydrogen) atoms. The van der Waals surface area contributed by atoms with E-state index < -0.39 is 0 Å². The Balaban J connectivity index is 1.88. The molecule has 0 spiro atoms. The lowest BCUT2D eigenvalue weighted by Gasteiger charge is -2.11. The van der Waals surface area contributed by atoms with Crippen molar-refractivity contribution in [1.82, 2.24) is 9.78 Å². The Kier molecular flexibility index (Phi) is 3.78. The van der Waals surface area contributed by atoms with E-state index in [1.807, 2.05) is 12.1 Å². The number of aryl methyl sites for hydroxylation is 1. The Morgan fingerprint density at radius 3 is 2.57 bits per heavy atom. The first-order valence-electron chi connectivity index (χ1n) is 7.45. The van der Waals surface area contributed by atoms with Gasteiger partial charge in [0.15, 0.2) is 11.5 Å². The molecule has 0 N–H and O–H groups in total. The van der Waals surface area contributed by atoms with Crippen LogP contribution >= 0.6 is 0 Å². The van der Waals surface area contributed by atoms with Gasteiger partial charge in [-0.2, -0.15) is 5.10 Å². The molecule has 3 rings (SSSR count). The van der Waals surface area contributed by atoms with E-state index in [9.17, 15) is 4.79 Å². The predicted molar refractivity (Wildman–Crippen MR) is 80.7 cm³/mol. The predicted octanol–water partition coefficient (Wildman–Crippen LogP) is 2.90. The number of hydrogen-bond acceptors (Lipinski definition) is 3. The molecule has 1 aliphatic carbocycles. The number of benzene rings is 1. The zero-order valence-corrected chi connectivity index (χ0v) is 12.5. The SMILES string of the molecule is CCCn1ncc(OC)c1C(=O)C1Cc2ccccc2C1. The molecule has 4 nitrogen and oxygen atoms in total. The lowest BCUT2D eigenvalue weighted by atomic mass is 9.98. The van der Waals surface area contributed by atoms with Crippen LogP contribution in [-0.2, 0) is 19.4 Å². The second-order valence-electron chi connectivity index (χ2n) is 5.52. The van der Waals surface area contributed by atoms with Crippen molar-refractivity contribution in [2.24, 2.45) is 5.92 Å². The minimum absolute atomic E-state index is 0.00334. The van der Waals surface area contributed by atoms with Crippen LogP contribution in [0.5, 0.6) is 5.75 Å². The molecule has 4 heteroatoms. The highest BCUT2D eigenvalue weighted by Crippen LogP contribution is 2.31. The lowest BCUT2D eigenvalue weighted by molar-refractivity contribution is 0.0910. The summed E-state index contributed by atoms with van der Waals surface area (Å²) in [7, 11) is 1.59. The lowest BCUT2D eigenvalue weighted by Crippen LogP contribution is -2.20. The van der Waals surface area contributed by atoms with Crippen LogP contribution in [0.4, 0.5) is 0 Å². The normalized spacial score (nSPS) is 14.2. The molecule has 0 saturated carbocycles. The minimum Gasteiger partial charge on any atom is -0.493 e. The molecular weight excluding hydrogens is 264 g/mol. The average Bonchev–Trinajstić information content (AvgIpc) is 3.10. The van der Waals surface area contributed by atoms with E-state index in [-0.39, 0.29) is 11.7 Å². The fraction of sp³-hybridized carbons (Fsp3) is 0.412. The number of Topliss-reactive ketones (excluding diaryl/α,β-unsaturated/α-hetero) is 1. The maximum Gasteiger partial charge on any atom is 0.188 e. The summed E-state index contributed by atoms with van der Waals surface area (Å²) >= 11 is 0. The number of carbonyl (C=O) groups is 1. The van der Waals surface area contributed by atoms with E-state index in [4.69, 9.17) is 4.74 Å². The summed E-state index contributed by atoms with van der Waals surface area (Å²) in [5, 5.41) is 4.29. The van der Waals surface area contributed by atoms with Crippen molar-refractivity contribution in [2.75, 3.05) is 7.11 Å². The Bertz CT molecular complexity index is 636. The number of carbonyl (C=O) groups excluding carboxylic acids is 1. The van der Waals surface area contributed by atoms with Crippen LogP contribution in [-0.4, -0.2) is 22.7 Å². The zero-order valence-electron chi connectivity index (χ0n) is 12.5. The summed E-state index contributed by atoms with van der Waals surface area (Å²) < 4.78 is 7.11. The maximum atomic E-state index is 12.9. The Morgan fingerprint density at radius 2 is 2.00 bits per heavy atom. The van der Waals surface area contributed by atoms with E-state index >= 15 is 0 Å². The third-order valence-corrected chi connectivity index (χ3v) is 4.12. The van der Waals surface area contributed by atoms with Crippen molar-refractivity contribution in [1.29, 1.82) is 0 Å². The number of rotatable bonds is 5. The number of nitrogens with zero attached hydrogens (tertiary/aromatic N) is 2. The molecule has 0 amide bonds. The molecule has 0 radical (unpaired) electrons. The third-order valence-electron chi connectivity index (χ3n) is 4.12. The van der Waals surface area contributed by atoms with Crippen LogP contribution in [0.25, 0.3) is 0 Å². The molecule has 110 valence electrons. The van der Waals surface area contributed by atoms with Gasteiger partial charge in [-0.1, -0.05) is 31.2 Å². The van der Waals surface area contributed by atoms with Crippen LogP contribution in [0.3, 0.4) is 0 Å². The number of methoxy groups -OCH3 is 1. The third kappa shape index (κ3) is 2.46. The highest BCUT2D eigenvalue weighted by molar-refractivity contribution is 5.99. The summed E-state index contributed by atoms with van der Waals surface area (Å²) in [6, 6.07) is 8.30. The topological polar surface area (TPSA) is 44.1 Å². The van der Waals surface area contributed by atoms with Gasteiger partial charge < -0.3 is 4.74 Å². The molecule has 2 aromatic rings. The van der Waals surface area contributed by atoms with Gasteiger partial charge in [-0.3, -0.25) is 9.48 Å². The van der Waals surface area contributed by atoms with E-state index in [1.165, 1.54) is 11.1 Å². The van der Waals surface area contributed by atoms with E-state index in [0.29, 0.717) is 11.4 Å². The standard InChI is InChI=1S/C17H20N2O2/c1-3-8-19-16(15(21-2)11-18-19)17(20)14-9-12-6-4-5-7-13(12)10-14/h4-7,11,14H,3,8-10H2,1-2H3. The van der Waals surface area contributed by atoms with Crippen molar-refractivity contribution in [2.45, 2.75) is 32.7 Å². The Morgan fingerprint density at radius 1 is 1.33 bits per heavy atom.